The number of hydrogen-bond acceptors (Lipinski definition) is 5. The van der Waals surface area contributed by atoms with E-state index in [0.717, 1.165) is 31.7 Å². The lowest BCUT2D eigenvalue weighted by atomic mass is 9.90. The molecule has 1 aromatic heterocycles. The minimum atomic E-state index is -3.74. The zero-order valence-corrected chi connectivity index (χ0v) is 14.3. The molecule has 1 aromatic carbocycles. The zero-order valence-electron chi connectivity index (χ0n) is 13.5. The average Bonchev–Trinajstić information content (AvgIpc) is 2.54. The molecule has 1 fully saturated rings. The molecule has 0 bridgehead atoms. The van der Waals surface area contributed by atoms with E-state index in [1.807, 2.05) is 12.1 Å². The number of pyridine rings is 1. The Balaban J connectivity index is 1.82. The Morgan fingerprint density at radius 2 is 2.00 bits per heavy atom. The number of piperidine rings is 1. The summed E-state index contributed by atoms with van der Waals surface area (Å²) in [6.07, 6.45) is 3.45. The third-order valence-electron chi connectivity index (χ3n) is 4.46. The molecule has 7 heteroatoms. The van der Waals surface area contributed by atoms with Crippen molar-refractivity contribution in [3.05, 3.63) is 47.7 Å². The van der Waals surface area contributed by atoms with Crippen molar-refractivity contribution >= 4 is 15.8 Å². The van der Waals surface area contributed by atoms with E-state index in [9.17, 15) is 13.5 Å². The quantitative estimate of drug-likeness (QED) is 0.886. The SMILES string of the molecule is Cc1cc(N2CCCC(c3ccc(O)cc3)C2)ncc1S(N)(=O)=O. The molecule has 1 atom stereocenters. The monoisotopic (exact) mass is 347 g/mol. The predicted molar refractivity (Wildman–Crippen MR) is 92.6 cm³/mol. The Kier molecular flexibility index (Phi) is 4.47. The summed E-state index contributed by atoms with van der Waals surface area (Å²) in [6, 6.07) is 9.09. The highest BCUT2D eigenvalue weighted by Crippen LogP contribution is 2.30. The topological polar surface area (TPSA) is 96.5 Å². The number of primary sulfonamides is 1. The summed E-state index contributed by atoms with van der Waals surface area (Å²) in [5.41, 5.74) is 1.80. The van der Waals surface area contributed by atoms with Crippen LogP contribution in [-0.2, 0) is 10.0 Å². The Bertz CT molecular complexity index is 835. The summed E-state index contributed by atoms with van der Waals surface area (Å²) in [5.74, 6) is 1.39. The van der Waals surface area contributed by atoms with Crippen molar-refractivity contribution in [2.45, 2.75) is 30.6 Å². The fraction of sp³-hybridized carbons (Fsp3) is 0.353. The molecule has 1 aliphatic heterocycles. The Hall–Kier alpha value is -2.12. The highest BCUT2D eigenvalue weighted by atomic mass is 32.2. The van der Waals surface area contributed by atoms with Gasteiger partial charge in [0.05, 0.1) is 0 Å². The molecule has 0 spiro atoms. The molecule has 2 aromatic rings. The van der Waals surface area contributed by atoms with Gasteiger partial charge in [0.15, 0.2) is 0 Å². The summed E-state index contributed by atoms with van der Waals surface area (Å²) >= 11 is 0. The number of nitrogens with zero attached hydrogens (tertiary/aromatic N) is 2. The van der Waals surface area contributed by atoms with Crippen LogP contribution in [-0.4, -0.2) is 31.6 Å². The van der Waals surface area contributed by atoms with Crippen LogP contribution in [0, 0.1) is 6.92 Å². The molecular formula is C17H21N3O3S. The second kappa shape index (κ2) is 6.41. The van der Waals surface area contributed by atoms with Gasteiger partial charge >= 0.3 is 0 Å². The molecule has 0 saturated carbocycles. The number of phenols is 1. The standard InChI is InChI=1S/C17H21N3O3S/c1-12-9-17(19-10-16(12)24(18,22)23)20-8-2-3-14(11-20)13-4-6-15(21)7-5-13/h4-7,9-10,14,21H,2-3,8,11H2,1H3,(H2,18,22,23). The fourth-order valence-corrected chi connectivity index (χ4v) is 3.91. The molecule has 24 heavy (non-hydrogen) atoms. The number of rotatable bonds is 3. The summed E-state index contributed by atoms with van der Waals surface area (Å²) in [6.45, 7) is 3.42. The van der Waals surface area contributed by atoms with Gasteiger partial charge in [-0.3, -0.25) is 0 Å². The summed E-state index contributed by atoms with van der Waals surface area (Å²) in [5, 5.41) is 14.6. The molecule has 3 rings (SSSR count). The summed E-state index contributed by atoms with van der Waals surface area (Å²) in [7, 11) is -3.74. The summed E-state index contributed by atoms with van der Waals surface area (Å²) in [4.78, 5) is 6.53. The number of hydrogen-bond donors (Lipinski definition) is 2. The molecule has 1 saturated heterocycles. The normalized spacial score (nSPS) is 18.6. The number of aromatic nitrogens is 1. The van der Waals surface area contributed by atoms with Gasteiger partial charge in [-0.15, -0.1) is 0 Å². The molecule has 1 unspecified atom stereocenters. The van der Waals surface area contributed by atoms with Gasteiger partial charge in [-0.2, -0.15) is 0 Å². The van der Waals surface area contributed by atoms with Crippen molar-refractivity contribution in [1.82, 2.24) is 4.98 Å². The molecule has 1 aliphatic rings. The van der Waals surface area contributed by atoms with Gasteiger partial charge in [-0.1, -0.05) is 12.1 Å². The Morgan fingerprint density at radius 3 is 2.62 bits per heavy atom. The molecule has 2 heterocycles. The third-order valence-corrected chi connectivity index (χ3v) is 5.51. The molecule has 0 radical (unpaired) electrons. The molecule has 3 N–H and O–H groups in total. The average molecular weight is 347 g/mol. The number of phenolic OH excluding ortho intramolecular Hbond substituents is 1. The van der Waals surface area contributed by atoms with E-state index in [4.69, 9.17) is 5.14 Å². The van der Waals surface area contributed by atoms with Crippen molar-refractivity contribution in [3.63, 3.8) is 0 Å². The fourth-order valence-electron chi connectivity index (χ4n) is 3.20. The number of aryl methyl sites for hydroxylation is 1. The Morgan fingerprint density at radius 1 is 1.29 bits per heavy atom. The van der Waals surface area contributed by atoms with Gasteiger partial charge in [0.2, 0.25) is 10.0 Å². The van der Waals surface area contributed by atoms with Crippen molar-refractivity contribution < 1.29 is 13.5 Å². The van der Waals surface area contributed by atoms with Crippen LogP contribution in [0.5, 0.6) is 5.75 Å². The van der Waals surface area contributed by atoms with Gasteiger partial charge in [0.1, 0.15) is 16.5 Å². The van der Waals surface area contributed by atoms with Gasteiger partial charge in [-0.05, 0) is 49.1 Å². The lowest BCUT2D eigenvalue weighted by molar-refractivity contribution is 0.473. The number of sulfonamides is 1. The van der Waals surface area contributed by atoms with Crippen molar-refractivity contribution in [2.75, 3.05) is 18.0 Å². The maximum Gasteiger partial charge on any atom is 0.239 e. The maximum absolute atomic E-state index is 11.5. The highest BCUT2D eigenvalue weighted by molar-refractivity contribution is 7.89. The molecule has 6 nitrogen and oxygen atoms in total. The first kappa shape index (κ1) is 16.7. The van der Waals surface area contributed by atoms with Crippen molar-refractivity contribution in [1.29, 1.82) is 0 Å². The number of nitrogens with two attached hydrogens (primary N) is 1. The number of aromatic hydroxyl groups is 1. The minimum Gasteiger partial charge on any atom is -0.508 e. The van der Waals surface area contributed by atoms with Gasteiger partial charge in [0.25, 0.3) is 0 Å². The van der Waals surface area contributed by atoms with E-state index in [-0.39, 0.29) is 10.6 Å². The first-order chi connectivity index (χ1) is 11.3. The highest BCUT2D eigenvalue weighted by Gasteiger charge is 2.23. The van der Waals surface area contributed by atoms with Crippen LogP contribution >= 0.6 is 0 Å². The second-order valence-electron chi connectivity index (χ2n) is 6.23. The zero-order chi connectivity index (χ0) is 17.3. The largest absolute Gasteiger partial charge is 0.508 e. The van der Waals surface area contributed by atoms with Crippen LogP contribution in [0.2, 0.25) is 0 Å². The second-order valence-corrected chi connectivity index (χ2v) is 7.76. The predicted octanol–water partition coefficient (Wildman–Crippen LogP) is 2.13. The third kappa shape index (κ3) is 3.52. The minimum absolute atomic E-state index is 0.0679. The molecular weight excluding hydrogens is 326 g/mol. The lowest BCUT2D eigenvalue weighted by Gasteiger charge is -2.34. The van der Waals surface area contributed by atoms with E-state index < -0.39 is 10.0 Å². The van der Waals surface area contributed by atoms with Crippen LogP contribution < -0.4 is 10.0 Å². The van der Waals surface area contributed by atoms with E-state index in [0.29, 0.717) is 11.5 Å². The first-order valence-electron chi connectivity index (χ1n) is 7.88. The van der Waals surface area contributed by atoms with Gasteiger partial charge in [0, 0.05) is 25.2 Å². The van der Waals surface area contributed by atoms with Crippen LogP contribution in [0.3, 0.4) is 0 Å². The molecule has 0 amide bonds. The smallest absolute Gasteiger partial charge is 0.239 e. The first-order valence-corrected chi connectivity index (χ1v) is 9.42. The van der Waals surface area contributed by atoms with Crippen LogP contribution in [0.25, 0.3) is 0 Å². The Labute approximate surface area is 142 Å². The maximum atomic E-state index is 11.5. The number of benzene rings is 1. The van der Waals surface area contributed by atoms with Gasteiger partial charge < -0.3 is 10.0 Å². The van der Waals surface area contributed by atoms with Crippen molar-refractivity contribution in [3.8, 4) is 5.75 Å². The lowest BCUT2D eigenvalue weighted by Crippen LogP contribution is -2.35. The molecule has 0 aliphatic carbocycles. The van der Waals surface area contributed by atoms with E-state index in [1.54, 1.807) is 25.1 Å². The van der Waals surface area contributed by atoms with E-state index >= 15 is 0 Å². The molecule has 128 valence electrons. The van der Waals surface area contributed by atoms with E-state index in [1.165, 1.54) is 11.8 Å². The van der Waals surface area contributed by atoms with Crippen LogP contribution in [0.1, 0.15) is 29.9 Å². The van der Waals surface area contributed by atoms with Crippen molar-refractivity contribution in [2.24, 2.45) is 5.14 Å². The number of anilines is 1. The van der Waals surface area contributed by atoms with Gasteiger partial charge in [-0.25, -0.2) is 18.5 Å². The summed E-state index contributed by atoms with van der Waals surface area (Å²) < 4.78 is 23.0. The van der Waals surface area contributed by atoms with Crippen LogP contribution in [0.15, 0.2) is 41.4 Å². The van der Waals surface area contributed by atoms with Crippen LogP contribution in [0.4, 0.5) is 5.82 Å². The van der Waals surface area contributed by atoms with E-state index in [2.05, 4.69) is 9.88 Å².